The molecule has 1 aromatic rings. The number of rotatable bonds is 6. The molecule has 1 fully saturated rings. The van der Waals surface area contributed by atoms with Gasteiger partial charge in [0.1, 0.15) is 17.4 Å². The van der Waals surface area contributed by atoms with Gasteiger partial charge >= 0.3 is 5.97 Å². The van der Waals surface area contributed by atoms with Crippen molar-refractivity contribution in [3.63, 3.8) is 0 Å². The maximum absolute atomic E-state index is 12.3. The number of nitrogens with zero attached hydrogens (tertiary/aromatic N) is 2. The molecule has 0 aliphatic heterocycles. The van der Waals surface area contributed by atoms with E-state index in [4.69, 9.17) is 9.47 Å². The molecular weight excluding hydrogens is 344 g/mol. The van der Waals surface area contributed by atoms with E-state index in [1.165, 1.54) is 6.08 Å². The van der Waals surface area contributed by atoms with Gasteiger partial charge in [-0.05, 0) is 55.4 Å². The van der Waals surface area contributed by atoms with Crippen LogP contribution >= 0.6 is 0 Å². The topological polar surface area (TPSA) is 79.6 Å². The zero-order chi connectivity index (χ0) is 19.8. The Labute approximate surface area is 160 Å². The van der Waals surface area contributed by atoms with Crippen molar-refractivity contribution in [3.05, 3.63) is 35.4 Å². The van der Waals surface area contributed by atoms with Gasteiger partial charge in [-0.15, -0.1) is 0 Å². The molecule has 1 saturated carbocycles. The lowest BCUT2D eigenvalue weighted by Crippen LogP contribution is -2.41. The number of benzene rings is 1. The van der Waals surface area contributed by atoms with Gasteiger partial charge in [0.25, 0.3) is 5.91 Å². The molecule has 0 atom stereocenters. The fourth-order valence-electron chi connectivity index (χ4n) is 3.14. The van der Waals surface area contributed by atoms with Gasteiger partial charge in [-0.1, -0.05) is 19.1 Å². The highest BCUT2D eigenvalue weighted by molar-refractivity contribution is 5.98. The van der Waals surface area contributed by atoms with Crippen molar-refractivity contribution in [1.82, 2.24) is 4.90 Å². The van der Waals surface area contributed by atoms with Crippen molar-refractivity contribution in [2.45, 2.75) is 38.6 Å². The number of ether oxygens (including phenoxy) is 2. The van der Waals surface area contributed by atoms with E-state index < -0.39 is 5.97 Å². The van der Waals surface area contributed by atoms with Crippen LogP contribution in [0, 0.1) is 17.2 Å². The summed E-state index contributed by atoms with van der Waals surface area (Å²) in [5.41, 5.74) is 0.520. The largest absolute Gasteiger partial charge is 0.497 e. The summed E-state index contributed by atoms with van der Waals surface area (Å²) in [6.45, 7) is 1.86. The SMILES string of the molecule is COc1ccc(/C=C(\C#N)C(=O)OCC(=O)N(C)C2CCC(C)CC2)cc1. The van der Waals surface area contributed by atoms with Crippen molar-refractivity contribution in [1.29, 1.82) is 5.26 Å². The summed E-state index contributed by atoms with van der Waals surface area (Å²) in [7, 11) is 3.31. The second kappa shape index (κ2) is 9.77. The molecule has 1 aromatic carbocycles. The molecule has 0 saturated heterocycles. The van der Waals surface area contributed by atoms with Gasteiger partial charge in [0, 0.05) is 13.1 Å². The fourth-order valence-corrected chi connectivity index (χ4v) is 3.14. The first-order chi connectivity index (χ1) is 12.9. The van der Waals surface area contributed by atoms with Crippen LogP contribution in [-0.4, -0.2) is 43.6 Å². The van der Waals surface area contributed by atoms with Gasteiger partial charge in [0.2, 0.25) is 0 Å². The number of methoxy groups -OCH3 is 1. The highest BCUT2D eigenvalue weighted by Crippen LogP contribution is 2.26. The number of carbonyl (C=O) groups excluding carboxylic acids is 2. The van der Waals surface area contributed by atoms with Gasteiger partial charge in [-0.3, -0.25) is 4.79 Å². The van der Waals surface area contributed by atoms with E-state index in [1.807, 2.05) is 6.07 Å². The van der Waals surface area contributed by atoms with Crippen LogP contribution in [0.3, 0.4) is 0 Å². The number of esters is 1. The van der Waals surface area contributed by atoms with E-state index in [2.05, 4.69) is 6.92 Å². The molecule has 0 spiro atoms. The van der Waals surface area contributed by atoms with Gasteiger partial charge in [0.05, 0.1) is 7.11 Å². The van der Waals surface area contributed by atoms with Crippen molar-refractivity contribution in [2.75, 3.05) is 20.8 Å². The lowest BCUT2D eigenvalue weighted by Gasteiger charge is -2.33. The monoisotopic (exact) mass is 370 g/mol. The Morgan fingerprint density at radius 1 is 1.22 bits per heavy atom. The fraction of sp³-hybridized carbons (Fsp3) is 0.476. The number of carbonyl (C=O) groups is 2. The Morgan fingerprint density at radius 2 is 1.85 bits per heavy atom. The normalized spacial score (nSPS) is 19.7. The zero-order valence-corrected chi connectivity index (χ0v) is 16.1. The van der Waals surface area contributed by atoms with E-state index in [9.17, 15) is 14.9 Å². The Balaban J connectivity index is 1.91. The van der Waals surface area contributed by atoms with Crippen LogP contribution in [0.5, 0.6) is 5.75 Å². The molecule has 1 amide bonds. The lowest BCUT2D eigenvalue weighted by molar-refractivity contribution is -0.149. The van der Waals surface area contributed by atoms with E-state index in [-0.39, 0.29) is 24.1 Å². The second-order valence-corrected chi connectivity index (χ2v) is 6.94. The van der Waals surface area contributed by atoms with E-state index in [1.54, 1.807) is 43.3 Å². The molecule has 1 aliphatic carbocycles. The molecule has 1 aliphatic rings. The van der Waals surface area contributed by atoms with Crippen molar-refractivity contribution >= 4 is 18.0 Å². The molecule has 0 unspecified atom stereocenters. The zero-order valence-electron chi connectivity index (χ0n) is 16.1. The van der Waals surface area contributed by atoms with Gasteiger partial charge in [0.15, 0.2) is 6.61 Å². The average molecular weight is 370 g/mol. The summed E-state index contributed by atoms with van der Waals surface area (Å²) < 4.78 is 10.1. The van der Waals surface area contributed by atoms with Crippen molar-refractivity contribution in [2.24, 2.45) is 5.92 Å². The highest BCUT2D eigenvalue weighted by atomic mass is 16.5. The predicted molar refractivity (Wildman–Crippen MR) is 102 cm³/mol. The van der Waals surface area contributed by atoms with Gasteiger partial charge in [-0.25, -0.2) is 4.79 Å². The Morgan fingerprint density at radius 3 is 2.41 bits per heavy atom. The lowest BCUT2D eigenvalue weighted by atomic mass is 9.87. The Bertz CT molecular complexity index is 726. The smallest absolute Gasteiger partial charge is 0.349 e. The van der Waals surface area contributed by atoms with E-state index in [0.29, 0.717) is 17.2 Å². The van der Waals surface area contributed by atoms with E-state index >= 15 is 0 Å². The maximum atomic E-state index is 12.3. The minimum Gasteiger partial charge on any atom is -0.497 e. The van der Waals surface area contributed by atoms with Crippen molar-refractivity contribution < 1.29 is 19.1 Å². The van der Waals surface area contributed by atoms with Crippen LogP contribution in [-0.2, 0) is 14.3 Å². The average Bonchev–Trinajstić information content (AvgIpc) is 2.70. The molecule has 0 aromatic heterocycles. The molecule has 0 bridgehead atoms. The van der Waals surface area contributed by atoms with Crippen LogP contribution in [0.2, 0.25) is 0 Å². The third-order valence-corrected chi connectivity index (χ3v) is 5.02. The number of amides is 1. The second-order valence-electron chi connectivity index (χ2n) is 6.94. The summed E-state index contributed by atoms with van der Waals surface area (Å²) in [6.07, 6.45) is 5.57. The predicted octanol–water partition coefficient (Wildman–Crippen LogP) is 3.18. The standard InChI is InChI=1S/C21H26N2O4/c1-15-4-8-18(9-5-15)23(2)20(24)14-27-21(25)17(13-22)12-16-6-10-19(26-3)11-7-16/h6-7,10-12,15,18H,4-5,8-9,14H2,1-3H3/b17-12+. The number of likely N-dealkylation sites (N-methyl/N-ethyl adjacent to an activating group) is 1. The summed E-state index contributed by atoms with van der Waals surface area (Å²) in [4.78, 5) is 26.1. The number of nitriles is 1. The molecule has 0 heterocycles. The summed E-state index contributed by atoms with van der Waals surface area (Å²) >= 11 is 0. The molecular formula is C21H26N2O4. The van der Waals surface area contributed by atoms with E-state index in [0.717, 1.165) is 25.7 Å². The summed E-state index contributed by atoms with van der Waals surface area (Å²) in [5, 5.41) is 9.22. The summed E-state index contributed by atoms with van der Waals surface area (Å²) in [6, 6.07) is 8.94. The molecule has 6 heteroatoms. The maximum Gasteiger partial charge on any atom is 0.349 e. The first-order valence-corrected chi connectivity index (χ1v) is 9.13. The third kappa shape index (κ3) is 5.85. The van der Waals surface area contributed by atoms with Crippen molar-refractivity contribution in [3.8, 4) is 11.8 Å². The Hall–Kier alpha value is -2.81. The van der Waals surface area contributed by atoms with Crippen LogP contribution in [0.1, 0.15) is 38.2 Å². The molecule has 27 heavy (non-hydrogen) atoms. The molecule has 6 nitrogen and oxygen atoms in total. The molecule has 144 valence electrons. The molecule has 2 rings (SSSR count). The van der Waals surface area contributed by atoms with Gasteiger partial charge in [-0.2, -0.15) is 5.26 Å². The summed E-state index contributed by atoms with van der Waals surface area (Å²) in [5.74, 6) is 0.333. The quantitative estimate of drug-likeness (QED) is 0.436. The Kier molecular flexibility index (Phi) is 7.42. The highest BCUT2D eigenvalue weighted by Gasteiger charge is 2.25. The van der Waals surface area contributed by atoms with Crippen LogP contribution in [0.25, 0.3) is 6.08 Å². The first-order valence-electron chi connectivity index (χ1n) is 9.13. The minimum atomic E-state index is -0.799. The van der Waals surface area contributed by atoms with Crippen LogP contribution in [0.15, 0.2) is 29.8 Å². The minimum absolute atomic E-state index is 0.151. The first kappa shape index (κ1) is 20.5. The number of hydrogen-bond donors (Lipinski definition) is 0. The van der Waals surface area contributed by atoms with Gasteiger partial charge < -0.3 is 14.4 Å². The third-order valence-electron chi connectivity index (χ3n) is 5.02. The van der Waals surface area contributed by atoms with Crippen LogP contribution < -0.4 is 4.74 Å². The molecule has 0 N–H and O–H groups in total. The van der Waals surface area contributed by atoms with Crippen LogP contribution in [0.4, 0.5) is 0 Å². The number of hydrogen-bond acceptors (Lipinski definition) is 5. The molecule has 0 radical (unpaired) electrons.